The molecule has 0 aliphatic rings. The zero-order chi connectivity index (χ0) is 25.4. The number of nitriles is 2. The summed E-state index contributed by atoms with van der Waals surface area (Å²) < 4.78 is 12.5. The molecule has 0 atom stereocenters. The molecule has 1 amide bonds. The number of amides is 1. The van der Waals surface area contributed by atoms with Crippen molar-refractivity contribution in [1.82, 2.24) is 0 Å². The number of rotatable bonds is 8. The van der Waals surface area contributed by atoms with Crippen LogP contribution in [0.15, 0.2) is 60.2 Å². The summed E-state index contributed by atoms with van der Waals surface area (Å²) in [5.41, 5.74) is 3.09. The first-order valence-electron chi connectivity index (χ1n) is 10.6. The summed E-state index contributed by atoms with van der Waals surface area (Å²) in [7, 11) is 0. The molecule has 35 heavy (non-hydrogen) atoms. The monoisotopic (exact) mass is 597 g/mol. The van der Waals surface area contributed by atoms with Crippen LogP contribution in [0.3, 0.4) is 0 Å². The average molecular weight is 598 g/mol. The molecule has 0 radical (unpaired) electrons. The molecule has 176 valence electrons. The highest BCUT2D eigenvalue weighted by Crippen LogP contribution is 2.36. The van der Waals surface area contributed by atoms with Gasteiger partial charge in [-0.2, -0.15) is 10.5 Å². The molecule has 1 N–H and O–H groups in total. The second kappa shape index (κ2) is 12.3. The maximum atomic E-state index is 12.8. The van der Waals surface area contributed by atoms with E-state index in [1.54, 1.807) is 49.4 Å². The molecular formula is C27H21ClIN3O3. The van der Waals surface area contributed by atoms with Gasteiger partial charge >= 0.3 is 0 Å². The molecule has 0 fully saturated rings. The summed E-state index contributed by atoms with van der Waals surface area (Å²) in [5, 5.41) is 22.2. The Morgan fingerprint density at radius 1 is 1.14 bits per heavy atom. The number of carbonyl (C=O) groups excluding carboxylic acids is 1. The van der Waals surface area contributed by atoms with Crippen LogP contribution in [-0.4, -0.2) is 12.5 Å². The third-order valence-corrected chi connectivity index (χ3v) is 6.24. The van der Waals surface area contributed by atoms with Crippen LogP contribution >= 0.6 is 34.2 Å². The summed E-state index contributed by atoms with van der Waals surface area (Å²) in [6.07, 6.45) is 1.49. The Labute approximate surface area is 222 Å². The molecule has 0 bridgehead atoms. The fraction of sp³-hybridized carbons (Fsp3) is 0.148. The van der Waals surface area contributed by atoms with E-state index in [1.165, 1.54) is 6.08 Å². The van der Waals surface area contributed by atoms with Crippen molar-refractivity contribution in [1.29, 1.82) is 10.5 Å². The predicted octanol–water partition coefficient (Wildman–Crippen LogP) is 6.65. The van der Waals surface area contributed by atoms with Gasteiger partial charge in [-0.3, -0.25) is 4.79 Å². The van der Waals surface area contributed by atoms with Crippen LogP contribution in [0.5, 0.6) is 11.5 Å². The Morgan fingerprint density at radius 2 is 1.91 bits per heavy atom. The lowest BCUT2D eigenvalue weighted by atomic mass is 10.1. The zero-order valence-electron chi connectivity index (χ0n) is 19.1. The number of benzene rings is 3. The molecule has 3 aromatic carbocycles. The second-order valence-electron chi connectivity index (χ2n) is 7.36. The molecule has 0 unspecified atom stereocenters. The van der Waals surface area contributed by atoms with E-state index in [-0.39, 0.29) is 12.2 Å². The van der Waals surface area contributed by atoms with Crippen molar-refractivity contribution in [3.8, 4) is 23.6 Å². The van der Waals surface area contributed by atoms with Crippen LogP contribution in [0.2, 0.25) is 5.02 Å². The summed E-state index contributed by atoms with van der Waals surface area (Å²) >= 11 is 8.25. The molecule has 6 nitrogen and oxygen atoms in total. The van der Waals surface area contributed by atoms with E-state index in [9.17, 15) is 15.3 Å². The topological polar surface area (TPSA) is 95.1 Å². The lowest BCUT2D eigenvalue weighted by Gasteiger charge is -2.15. The first-order chi connectivity index (χ1) is 16.9. The van der Waals surface area contributed by atoms with E-state index in [0.717, 1.165) is 9.13 Å². The zero-order valence-corrected chi connectivity index (χ0v) is 22.0. The van der Waals surface area contributed by atoms with E-state index in [0.29, 0.717) is 45.5 Å². The van der Waals surface area contributed by atoms with Crippen LogP contribution in [-0.2, 0) is 11.4 Å². The second-order valence-corrected chi connectivity index (χ2v) is 8.93. The Morgan fingerprint density at radius 3 is 2.63 bits per heavy atom. The van der Waals surface area contributed by atoms with Crippen molar-refractivity contribution in [2.45, 2.75) is 20.5 Å². The average Bonchev–Trinajstić information content (AvgIpc) is 2.85. The van der Waals surface area contributed by atoms with Crippen LogP contribution in [0.25, 0.3) is 6.08 Å². The molecule has 0 aliphatic carbocycles. The first-order valence-corrected chi connectivity index (χ1v) is 12.1. The number of hydrogen-bond acceptors (Lipinski definition) is 5. The van der Waals surface area contributed by atoms with Crippen LogP contribution in [0, 0.1) is 33.2 Å². The Bertz CT molecular complexity index is 1370. The van der Waals surface area contributed by atoms with Gasteiger partial charge in [0.15, 0.2) is 11.5 Å². The van der Waals surface area contributed by atoms with Crippen molar-refractivity contribution in [3.05, 3.63) is 91.0 Å². The minimum atomic E-state index is -0.542. The summed E-state index contributed by atoms with van der Waals surface area (Å²) in [4.78, 5) is 12.8. The maximum absolute atomic E-state index is 12.8. The minimum absolute atomic E-state index is 0.0701. The van der Waals surface area contributed by atoms with Gasteiger partial charge in [0.2, 0.25) is 0 Å². The molecule has 8 heteroatoms. The summed E-state index contributed by atoms with van der Waals surface area (Å²) in [6.45, 7) is 4.23. The van der Waals surface area contributed by atoms with Crippen molar-refractivity contribution in [2.24, 2.45) is 0 Å². The van der Waals surface area contributed by atoms with Crippen LogP contribution in [0.1, 0.15) is 29.2 Å². The van der Waals surface area contributed by atoms with Gasteiger partial charge in [0.1, 0.15) is 18.2 Å². The normalized spacial score (nSPS) is 10.7. The molecule has 0 heterocycles. The smallest absolute Gasteiger partial charge is 0.266 e. The fourth-order valence-corrected chi connectivity index (χ4v) is 4.18. The van der Waals surface area contributed by atoms with E-state index < -0.39 is 5.91 Å². The number of nitrogens with zero attached hydrogens (tertiary/aromatic N) is 2. The van der Waals surface area contributed by atoms with Gasteiger partial charge in [-0.1, -0.05) is 35.9 Å². The highest BCUT2D eigenvalue weighted by molar-refractivity contribution is 14.1. The van der Waals surface area contributed by atoms with E-state index in [4.69, 9.17) is 21.1 Å². The predicted molar refractivity (Wildman–Crippen MR) is 144 cm³/mol. The molecule has 0 spiro atoms. The van der Waals surface area contributed by atoms with E-state index >= 15 is 0 Å². The van der Waals surface area contributed by atoms with Gasteiger partial charge in [0, 0.05) is 16.3 Å². The summed E-state index contributed by atoms with van der Waals surface area (Å²) in [6, 6.07) is 20.0. The van der Waals surface area contributed by atoms with Crippen LogP contribution < -0.4 is 14.8 Å². The largest absolute Gasteiger partial charge is 0.490 e. The van der Waals surface area contributed by atoms with Gasteiger partial charge in [-0.25, -0.2) is 0 Å². The maximum Gasteiger partial charge on any atom is 0.266 e. The number of hydrogen-bond donors (Lipinski definition) is 1. The summed E-state index contributed by atoms with van der Waals surface area (Å²) in [5.74, 6) is 0.456. The van der Waals surface area contributed by atoms with Crippen molar-refractivity contribution < 1.29 is 14.3 Å². The molecule has 3 aromatic rings. The van der Waals surface area contributed by atoms with Gasteiger partial charge < -0.3 is 14.8 Å². The molecule has 0 aliphatic heterocycles. The van der Waals surface area contributed by atoms with Crippen molar-refractivity contribution in [2.75, 3.05) is 11.9 Å². The third-order valence-electron chi connectivity index (χ3n) is 5.03. The van der Waals surface area contributed by atoms with Gasteiger partial charge in [0.25, 0.3) is 5.91 Å². The van der Waals surface area contributed by atoms with Crippen molar-refractivity contribution in [3.63, 3.8) is 0 Å². The number of anilines is 1. The van der Waals surface area contributed by atoms with Gasteiger partial charge in [-0.15, -0.1) is 0 Å². The molecule has 3 rings (SSSR count). The lowest BCUT2D eigenvalue weighted by molar-refractivity contribution is -0.112. The molecule has 0 aromatic heterocycles. The Hall–Kier alpha value is -3.53. The Balaban J connectivity index is 1.88. The highest BCUT2D eigenvalue weighted by Gasteiger charge is 2.16. The standard InChI is InChI=1S/C27H21ClIN3O3/c1-3-34-25-13-18(11-21(15-31)27(33)32-24-10-6-9-22(28)17(24)2)12-23(29)26(25)35-16-20-8-5-4-7-19(20)14-30/h4-13H,3,16H2,1-2H3,(H,32,33)/b21-11+. The number of nitrogens with one attached hydrogen (secondary N) is 1. The van der Waals surface area contributed by atoms with E-state index in [2.05, 4.69) is 34.0 Å². The third kappa shape index (κ3) is 6.54. The van der Waals surface area contributed by atoms with Crippen LogP contribution in [0.4, 0.5) is 5.69 Å². The number of ether oxygens (including phenoxy) is 2. The molecule has 0 saturated heterocycles. The lowest BCUT2D eigenvalue weighted by Crippen LogP contribution is -2.14. The molecule has 0 saturated carbocycles. The molecular weight excluding hydrogens is 577 g/mol. The van der Waals surface area contributed by atoms with Gasteiger partial charge in [-0.05, 0) is 84.0 Å². The minimum Gasteiger partial charge on any atom is -0.490 e. The van der Waals surface area contributed by atoms with Gasteiger partial charge in [0.05, 0.1) is 21.8 Å². The fourth-order valence-electron chi connectivity index (χ4n) is 3.23. The van der Waals surface area contributed by atoms with Crippen molar-refractivity contribution >= 4 is 51.9 Å². The quantitative estimate of drug-likeness (QED) is 0.178. The Kier molecular flexibility index (Phi) is 9.13. The number of carbonyl (C=O) groups is 1. The first kappa shape index (κ1) is 26.1. The SMILES string of the molecule is CCOc1cc(/C=C(\C#N)C(=O)Nc2cccc(Cl)c2C)cc(I)c1OCc1ccccc1C#N. The highest BCUT2D eigenvalue weighted by atomic mass is 127. The number of halogens is 2. The van der Waals surface area contributed by atoms with E-state index in [1.807, 2.05) is 25.1 Å².